The van der Waals surface area contributed by atoms with Crippen LogP contribution in [0.4, 0.5) is 19.0 Å². The van der Waals surface area contributed by atoms with Crippen molar-refractivity contribution in [2.45, 2.75) is 37.1 Å². The summed E-state index contributed by atoms with van der Waals surface area (Å²) in [6, 6.07) is 5.33. The Hall–Kier alpha value is -4.18. The normalized spacial score (nSPS) is 23.8. The highest BCUT2D eigenvalue weighted by atomic mass is 19.1. The molecule has 3 fully saturated rings. The first-order valence-electron chi connectivity index (χ1n) is 15.0. The van der Waals surface area contributed by atoms with Crippen molar-refractivity contribution in [1.29, 1.82) is 0 Å². The molecule has 0 radical (unpaired) electrons. The summed E-state index contributed by atoms with van der Waals surface area (Å²) in [5.41, 5.74) is -0.679. The number of hydrogen-bond donors (Lipinski definition) is 1. The molecule has 3 aliphatic heterocycles. The second kappa shape index (κ2) is 11.6. The molecule has 234 valence electrons. The quantitative estimate of drug-likeness (QED) is 0.311. The van der Waals surface area contributed by atoms with E-state index < -0.39 is 23.3 Å². The molecule has 2 aromatic carbocycles. The van der Waals surface area contributed by atoms with Gasteiger partial charge in [0.05, 0.1) is 35.8 Å². The molecule has 3 aliphatic rings. The molecular weight excluding hydrogens is 587 g/mol. The smallest absolute Gasteiger partial charge is 0.319 e. The topological polar surface area (TPSA) is 93.1 Å². The molecule has 2 aromatic heterocycles. The van der Waals surface area contributed by atoms with Crippen LogP contribution in [0.25, 0.3) is 32.9 Å². The lowest BCUT2D eigenvalue weighted by atomic mass is 9.95. The molecular formula is C33H32F3N5O4. The number of rotatable bonds is 6. The minimum atomic E-state index is -0.939. The number of alkyl halides is 1. The molecule has 0 saturated carbocycles. The van der Waals surface area contributed by atoms with Crippen molar-refractivity contribution in [3.05, 3.63) is 47.7 Å². The van der Waals surface area contributed by atoms with Crippen LogP contribution in [0.2, 0.25) is 0 Å². The van der Waals surface area contributed by atoms with E-state index in [4.69, 9.17) is 25.6 Å². The number of halogens is 3. The van der Waals surface area contributed by atoms with E-state index in [0.717, 1.165) is 19.4 Å². The Morgan fingerprint density at radius 2 is 2.07 bits per heavy atom. The van der Waals surface area contributed by atoms with Crippen molar-refractivity contribution in [1.82, 2.24) is 19.9 Å². The number of terminal acetylenes is 1. The number of benzene rings is 2. The van der Waals surface area contributed by atoms with E-state index in [1.54, 1.807) is 7.11 Å². The monoisotopic (exact) mass is 619 g/mol. The Morgan fingerprint density at radius 1 is 1.20 bits per heavy atom. The van der Waals surface area contributed by atoms with Gasteiger partial charge < -0.3 is 24.2 Å². The minimum Gasteiger partial charge on any atom is -0.508 e. The van der Waals surface area contributed by atoms with E-state index >= 15 is 4.39 Å². The van der Waals surface area contributed by atoms with E-state index in [1.807, 2.05) is 4.90 Å². The lowest BCUT2D eigenvalue weighted by Crippen LogP contribution is -2.43. The molecule has 7 rings (SSSR count). The van der Waals surface area contributed by atoms with Crippen molar-refractivity contribution in [2.75, 3.05) is 58.0 Å². The number of aromatic hydroxyl groups is 1. The number of ether oxygens (including phenoxy) is 3. The summed E-state index contributed by atoms with van der Waals surface area (Å²) >= 11 is 0. The fourth-order valence-electron chi connectivity index (χ4n) is 7.03. The maximum Gasteiger partial charge on any atom is 0.319 e. The van der Waals surface area contributed by atoms with E-state index in [-0.39, 0.29) is 52.2 Å². The van der Waals surface area contributed by atoms with E-state index in [2.05, 4.69) is 20.8 Å². The SMILES string of the molecule is C#Cc1c(F)ccc2cc(O)cc(-c3ncc4c(N5CCOC[C@H](OC)C5)nc(OC[C@@]56CCCN5C[C@H](F)C6)nc4c3F)c12. The van der Waals surface area contributed by atoms with Crippen molar-refractivity contribution < 1.29 is 32.5 Å². The summed E-state index contributed by atoms with van der Waals surface area (Å²) in [7, 11) is 1.59. The molecule has 0 unspecified atom stereocenters. The fraction of sp³-hybridized carbons (Fsp3) is 0.424. The van der Waals surface area contributed by atoms with E-state index in [9.17, 15) is 13.9 Å². The Bertz CT molecular complexity index is 1830. The van der Waals surface area contributed by atoms with Gasteiger partial charge in [-0.3, -0.25) is 9.88 Å². The first-order chi connectivity index (χ1) is 21.8. The van der Waals surface area contributed by atoms with E-state index in [1.165, 1.54) is 30.5 Å². The Labute approximate surface area is 257 Å². The second-order valence-electron chi connectivity index (χ2n) is 11.9. The van der Waals surface area contributed by atoms with Crippen LogP contribution in [0, 0.1) is 24.0 Å². The number of anilines is 1. The molecule has 9 nitrogen and oxygen atoms in total. The largest absolute Gasteiger partial charge is 0.508 e. The standard InChI is InChI=1S/C33H32F3N5O4/c1-3-23-26(35)6-5-19-11-21(42)12-24(27(19)23)29-28(36)30-25(14-37-29)31(40-9-10-44-17-22(16-40)43-2)39-32(38-30)45-18-33-7-4-8-41(33)15-20(34)13-33/h1,5-6,11-12,14,20,22,42H,4,7-10,13,15-18H2,2H3/t20-,22-,33+/m1/s1. The number of fused-ring (bicyclic) bond motifs is 3. The summed E-state index contributed by atoms with van der Waals surface area (Å²) in [5, 5.41) is 11.5. The summed E-state index contributed by atoms with van der Waals surface area (Å²) in [6.07, 6.45) is 7.99. The second-order valence-corrected chi connectivity index (χ2v) is 11.9. The highest BCUT2D eigenvalue weighted by Crippen LogP contribution is 2.41. The number of methoxy groups -OCH3 is 1. The number of phenols is 1. The first-order valence-corrected chi connectivity index (χ1v) is 15.0. The van der Waals surface area contributed by atoms with Gasteiger partial charge >= 0.3 is 6.01 Å². The Kier molecular flexibility index (Phi) is 7.63. The molecule has 0 spiro atoms. The molecule has 5 heterocycles. The molecule has 4 aromatic rings. The third kappa shape index (κ3) is 5.18. The number of aromatic nitrogens is 3. The third-order valence-electron chi connectivity index (χ3n) is 9.19. The minimum absolute atomic E-state index is 0.0626. The Balaban J connectivity index is 1.38. The zero-order chi connectivity index (χ0) is 31.3. The highest BCUT2D eigenvalue weighted by molar-refractivity contribution is 6.03. The Morgan fingerprint density at radius 3 is 2.89 bits per heavy atom. The van der Waals surface area contributed by atoms with Crippen molar-refractivity contribution >= 4 is 27.5 Å². The van der Waals surface area contributed by atoms with Gasteiger partial charge in [-0.2, -0.15) is 9.97 Å². The average molecular weight is 620 g/mol. The van der Waals surface area contributed by atoms with Crippen molar-refractivity contribution in [3.8, 4) is 35.4 Å². The van der Waals surface area contributed by atoms with Crippen LogP contribution in [-0.4, -0.2) is 95.9 Å². The molecule has 12 heteroatoms. The van der Waals surface area contributed by atoms with Crippen molar-refractivity contribution in [2.24, 2.45) is 0 Å². The number of nitrogens with zero attached hydrogens (tertiary/aromatic N) is 5. The number of hydrogen-bond acceptors (Lipinski definition) is 9. The van der Waals surface area contributed by atoms with Gasteiger partial charge in [-0.15, -0.1) is 6.42 Å². The predicted octanol–water partition coefficient (Wildman–Crippen LogP) is 4.62. The van der Waals surface area contributed by atoms with Gasteiger partial charge in [-0.05, 0) is 43.0 Å². The number of pyridine rings is 1. The maximum absolute atomic E-state index is 16.7. The molecule has 0 bridgehead atoms. The summed E-state index contributed by atoms with van der Waals surface area (Å²) in [6.45, 7) is 2.94. The zero-order valence-corrected chi connectivity index (χ0v) is 24.7. The summed E-state index contributed by atoms with van der Waals surface area (Å²) < 4.78 is 63.5. The molecule has 0 amide bonds. The van der Waals surface area contributed by atoms with Crippen LogP contribution in [0.3, 0.4) is 0 Å². The van der Waals surface area contributed by atoms with Gasteiger partial charge in [0.25, 0.3) is 0 Å². The van der Waals surface area contributed by atoms with Crippen LogP contribution in [-0.2, 0) is 9.47 Å². The van der Waals surface area contributed by atoms with Crippen LogP contribution >= 0.6 is 0 Å². The lowest BCUT2D eigenvalue weighted by molar-refractivity contribution is 0.0286. The molecule has 0 aliphatic carbocycles. The zero-order valence-electron chi connectivity index (χ0n) is 24.7. The van der Waals surface area contributed by atoms with Crippen molar-refractivity contribution in [3.63, 3.8) is 0 Å². The lowest BCUT2D eigenvalue weighted by Gasteiger charge is -2.31. The van der Waals surface area contributed by atoms with Crippen LogP contribution < -0.4 is 9.64 Å². The highest BCUT2D eigenvalue weighted by Gasteiger charge is 2.49. The van der Waals surface area contributed by atoms with Gasteiger partial charge in [-0.1, -0.05) is 12.0 Å². The molecule has 1 N–H and O–H groups in total. The van der Waals surface area contributed by atoms with Gasteiger partial charge in [-0.25, -0.2) is 13.2 Å². The first kappa shape index (κ1) is 29.5. The van der Waals surface area contributed by atoms with Gasteiger partial charge in [0.1, 0.15) is 41.4 Å². The van der Waals surface area contributed by atoms with Gasteiger partial charge in [0, 0.05) is 50.3 Å². The summed E-state index contributed by atoms with van der Waals surface area (Å²) in [4.78, 5) is 17.7. The fourth-order valence-corrected chi connectivity index (χ4v) is 7.03. The van der Waals surface area contributed by atoms with Gasteiger partial charge in [0.2, 0.25) is 0 Å². The van der Waals surface area contributed by atoms with Gasteiger partial charge in [0.15, 0.2) is 5.82 Å². The molecule has 3 saturated heterocycles. The molecule has 45 heavy (non-hydrogen) atoms. The van der Waals surface area contributed by atoms with Crippen LogP contribution in [0.15, 0.2) is 30.5 Å². The third-order valence-corrected chi connectivity index (χ3v) is 9.19. The maximum atomic E-state index is 16.7. The van der Waals surface area contributed by atoms with E-state index in [0.29, 0.717) is 55.9 Å². The van der Waals surface area contributed by atoms with Crippen LogP contribution in [0.5, 0.6) is 11.8 Å². The molecule has 3 atom stereocenters. The average Bonchev–Trinajstić information content (AvgIpc) is 3.44. The summed E-state index contributed by atoms with van der Waals surface area (Å²) in [5.74, 6) is 1.09. The number of phenolic OH excluding ortho intramolecular Hbond substituents is 1. The predicted molar refractivity (Wildman–Crippen MR) is 162 cm³/mol. The van der Waals surface area contributed by atoms with Crippen LogP contribution in [0.1, 0.15) is 24.8 Å².